The van der Waals surface area contributed by atoms with Gasteiger partial charge in [-0.25, -0.2) is 0 Å². The van der Waals surface area contributed by atoms with E-state index in [-0.39, 0.29) is 11.8 Å². The summed E-state index contributed by atoms with van der Waals surface area (Å²) in [6.07, 6.45) is 0. The topological polar surface area (TPSA) is 79.9 Å². The van der Waals surface area contributed by atoms with Gasteiger partial charge >= 0.3 is 0 Å². The molecule has 0 saturated heterocycles. The zero-order valence-electron chi connectivity index (χ0n) is 16.7. The van der Waals surface area contributed by atoms with Crippen LogP contribution in [0.4, 0.5) is 0 Å². The first-order valence-electron chi connectivity index (χ1n) is 8.96. The predicted octanol–water partition coefficient (Wildman–Crippen LogP) is 1.93. The Morgan fingerprint density at radius 2 is 1.54 bits per heavy atom. The zero-order valence-corrected chi connectivity index (χ0v) is 16.7. The molecule has 7 heteroatoms. The molecule has 2 aromatic carbocycles. The molecule has 0 radical (unpaired) electrons. The van der Waals surface area contributed by atoms with Crippen LogP contribution in [0.3, 0.4) is 0 Å². The number of benzene rings is 2. The van der Waals surface area contributed by atoms with Crippen LogP contribution in [-0.2, 0) is 6.54 Å². The molecule has 0 aliphatic heterocycles. The second-order valence-electron chi connectivity index (χ2n) is 6.51. The van der Waals surface area contributed by atoms with E-state index in [1.807, 2.05) is 31.1 Å². The summed E-state index contributed by atoms with van der Waals surface area (Å²) in [5.74, 6) is 0.783. The fourth-order valence-electron chi connectivity index (χ4n) is 2.57. The van der Waals surface area contributed by atoms with E-state index in [1.54, 1.807) is 44.6 Å². The van der Waals surface area contributed by atoms with Crippen molar-refractivity contribution < 1.29 is 19.1 Å². The Bertz CT molecular complexity index is 821. The van der Waals surface area contributed by atoms with Crippen LogP contribution in [-0.4, -0.2) is 58.1 Å². The number of nitrogens with one attached hydrogen (secondary N) is 2. The summed E-state index contributed by atoms with van der Waals surface area (Å²) in [6, 6.07) is 12.1. The van der Waals surface area contributed by atoms with Crippen molar-refractivity contribution in [2.45, 2.75) is 6.54 Å². The SMILES string of the molecule is COc1ccc(CNC(=O)c2cccc(C(=O)NCCN(C)C)c2)cc1OC. The van der Waals surface area contributed by atoms with Crippen molar-refractivity contribution in [3.63, 3.8) is 0 Å². The van der Waals surface area contributed by atoms with Gasteiger partial charge in [-0.3, -0.25) is 9.59 Å². The second kappa shape index (κ2) is 10.3. The first-order valence-corrected chi connectivity index (χ1v) is 8.96. The molecule has 0 atom stereocenters. The second-order valence-corrected chi connectivity index (χ2v) is 6.51. The van der Waals surface area contributed by atoms with E-state index < -0.39 is 0 Å². The molecule has 2 rings (SSSR count). The van der Waals surface area contributed by atoms with E-state index in [0.717, 1.165) is 12.1 Å². The quantitative estimate of drug-likeness (QED) is 0.689. The van der Waals surface area contributed by atoms with E-state index in [4.69, 9.17) is 9.47 Å². The van der Waals surface area contributed by atoms with E-state index in [0.29, 0.717) is 35.7 Å². The molecule has 150 valence electrons. The lowest BCUT2D eigenvalue weighted by atomic mass is 10.1. The fraction of sp³-hybridized carbons (Fsp3) is 0.333. The summed E-state index contributed by atoms with van der Waals surface area (Å²) >= 11 is 0. The predicted molar refractivity (Wildman–Crippen MR) is 108 cm³/mol. The molecule has 0 bridgehead atoms. The van der Waals surface area contributed by atoms with Crippen LogP contribution in [0.25, 0.3) is 0 Å². The average Bonchev–Trinajstić information content (AvgIpc) is 2.71. The van der Waals surface area contributed by atoms with Gasteiger partial charge in [0.2, 0.25) is 0 Å². The van der Waals surface area contributed by atoms with E-state index in [1.165, 1.54) is 0 Å². The largest absolute Gasteiger partial charge is 0.493 e. The molecular formula is C21H27N3O4. The number of ether oxygens (including phenoxy) is 2. The first kappa shape index (κ1) is 21.2. The third-order valence-electron chi connectivity index (χ3n) is 4.13. The summed E-state index contributed by atoms with van der Waals surface area (Å²) in [6.45, 7) is 1.62. The van der Waals surface area contributed by atoms with Gasteiger partial charge in [-0.1, -0.05) is 12.1 Å². The summed E-state index contributed by atoms with van der Waals surface area (Å²) < 4.78 is 10.5. The molecule has 0 aromatic heterocycles. The number of amides is 2. The highest BCUT2D eigenvalue weighted by atomic mass is 16.5. The Labute approximate surface area is 165 Å². The van der Waals surface area contributed by atoms with Crippen molar-refractivity contribution in [3.05, 3.63) is 59.2 Å². The van der Waals surface area contributed by atoms with Crippen LogP contribution in [0, 0.1) is 0 Å². The molecule has 0 fully saturated rings. The minimum atomic E-state index is -0.252. The number of methoxy groups -OCH3 is 2. The van der Waals surface area contributed by atoms with Crippen molar-refractivity contribution in [3.8, 4) is 11.5 Å². The van der Waals surface area contributed by atoms with Crippen molar-refractivity contribution >= 4 is 11.8 Å². The Hall–Kier alpha value is -3.06. The lowest BCUT2D eigenvalue weighted by molar-refractivity contribution is 0.0950. The van der Waals surface area contributed by atoms with Crippen molar-refractivity contribution in [2.24, 2.45) is 0 Å². The molecule has 0 spiro atoms. The highest BCUT2D eigenvalue weighted by molar-refractivity contribution is 5.99. The van der Waals surface area contributed by atoms with Crippen LogP contribution in [0.5, 0.6) is 11.5 Å². The summed E-state index contributed by atoms with van der Waals surface area (Å²) in [5.41, 5.74) is 1.77. The van der Waals surface area contributed by atoms with Crippen molar-refractivity contribution in [1.82, 2.24) is 15.5 Å². The van der Waals surface area contributed by atoms with E-state index >= 15 is 0 Å². The van der Waals surface area contributed by atoms with Gasteiger partial charge in [0.05, 0.1) is 14.2 Å². The third-order valence-corrected chi connectivity index (χ3v) is 4.13. The van der Waals surface area contributed by atoms with Gasteiger partial charge in [0, 0.05) is 30.8 Å². The van der Waals surface area contributed by atoms with Crippen LogP contribution in [0.1, 0.15) is 26.3 Å². The van der Waals surface area contributed by atoms with Crippen LogP contribution in [0.2, 0.25) is 0 Å². The fourth-order valence-corrected chi connectivity index (χ4v) is 2.57. The highest BCUT2D eigenvalue weighted by Crippen LogP contribution is 2.27. The lowest BCUT2D eigenvalue weighted by Crippen LogP contribution is -2.31. The van der Waals surface area contributed by atoms with Gasteiger partial charge in [0.25, 0.3) is 11.8 Å². The number of likely N-dealkylation sites (N-methyl/N-ethyl adjacent to an activating group) is 1. The maximum absolute atomic E-state index is 12.5. The Morgan fingerprint density at radius 1 is 0.893 bits per heavy atom. The molecule has 2 aromatic rings. The Balaban J connectivity index is 1.98. The zero-order chi connectivity index (χ0) is 20.5. The highest BCUT2D eigenvalue weighted by Gasteiger charge is 2.11. The normalized spacial score (nSPS) is 10.5. The van der Waals surface area contributed by atoms with Crippen LogP contribution < -0.4 is 20.1 Å². The van der Waals surface area contributed by atoms with Crippen molar-refractivity contribution in [2.75, 3.05) is 41.4 Å². The van der Waals surface area contributed by atoms with Gasteiger partial charge in [-0.15, -0.1) is 0 Å². The molecule has 0 aliphatic rings. The monoisotopic (exact) mass is 385 g/mol. The number of hydrogen-bond acceptors (Lipinski definition) is 5. The number of carbonyl (C=O) groups is 2. The molecule has 0 aliphatic carbocycles. The number of nitrogens with zero attached hydrogens (tertiary/aromatic N) is 1. The van der Waals surface area contributed by atoms with E-state index in [9.17, 15) is 9.59 Å². The molecule has 0 unspecified atom stereocenters. The standard InChI is InChI=1S/C21H27N3O4/c1-24(2)11-10-22-20(25)16-6-5-7-17(13-16)21(26)23-14-15-8-9-18(27-3)19(12-15)28-4/h5-9,12-13H,10-11,14H2,1-4H3,(H,22,25)(H,23,26). The summed E-state index contributed by atoms with van der Waals surface area (Å²) in [4.78, 5) is 26.7. The maximum Gasteiger partial charge on any atom is 0.251 e. The smallest absolute Gasteiger partial charge is 0.251 e. The number of rotatable bonds is 9. The van der Waals surface area contributed by atoms with Crippen LogP contribution in [0.15, 0.2) is 42.5 Å². The van der Waals surface area contributed by atoms with E-state index in [2.05, 4.69) is 10.6 Å². The Morgan fingerprint density at radius 3 is 2.14 bits per heavy atom. The molecule has 0 heterocycles. The first-order chi connectivity index (χ1) is 13.4. The molecular weight excluding hydrogens is 358 g/mol. The number of hydrogen-bond donors (Lipinski definition) is 2. The average molecular weight is 385 g/mol. The molecule has 0 saturated carbocycles. The van der Waals surface area contributed by atoms with Gasteiger partial charge in [0.1, 0.15) is 0 Å². The van der Waals surface area contributed by atoms with Gasteiger partial charge in [-0.05, 0) is 50.0 Å². The summed E-state index contributed by atoms with van der Waals surface area (Å²) in [5, 5.41) is 5.69. The summed E-state index contributed by atoms with van der Waals surface area (Å²) in [7, 11) is 7.02. The van der Waals surface area contributed by atoms with Gasteiger partial charge in [-0.2, -0.15) is 0 Å². The lowest BCUT2D eigenvalue weighted by Gasteiger charge is -2.12. The maximum atomic E-state index is 12.5. The molecule has 28 heavy (non-hydrogen) atoms. The van der Waals surface area contributed by atoms with Crippen molar-refractivity contribution in [1.29, 1.82) is 0 Å². The molecule has 2 amide bonds. The molecule has 7 nitrogen and oxygen atoms in total. The van der Waals surface area contributed by atoms with Gasteiger partial charge in [0.15, 0.2) is 11.5 Å². The minimum Gasteiger partial charge on any atom is -0.493 e. The number of carbonyl (C=O) groups excluding carboxylic acids is 2. The third kappa shape index (κ3) is 5.99. The minimum absolute atomic E-state index is 0.198. The molecule has 2 N–H and O–H groups in total. The van der Waals surface area contributed by atoms with Crippen LogP contribution >= 0.6 is 0 Å². The Kier molecular flexibility index (Phi) is 7.83. The van der Waals surface area contributed by atoms with Gasteiger partial charge < -0.3 is 25.0 Å².